The van der Waals surface area contributed by atoms with Gasteiger partial charge in [-0.15, -0.1) is 8.78 Å². The third-order valence-electron chi connectivity index (χ3n) is 14.3. The van der Waals surface area contributed by atoms with Crippen molar-refractivity contribution >= 4 is 81.5 Å². The molecule has 9 rings (SSSR count). The second-order valence-electron chi connectivity index (χ2n) is 20.4. The Labute approximate surface area is 506 Å². The highest BCUT2D eigenvalue weighted by molar-refractivity contribution is 6.35. The highest BCUT2D eigenvalue weighted by Gasteiger charge is 2.54. The number of urea groups is 2. The summed E-state index contributed by atoms with van der Waals surface area (Å²) in [6, 6.07) is 33.3. The predicted molar refractivity (Wildman–Crippen MR) is 317 cm³/mol. The SMILES string of the molecule is CO[C@H](CNC(=O)c1ccc(C(NC(=O)Nc2cc(Cl)cc(Cl)c2)c2ccc(C3=CCCCC3)cc2)cc1)C(=O)O.O=C(Nc1ccc2c(c1)C(F)(F)OC(F)(F)O2)NC(c1ccc(C(=O)NC[C@@H](O)C(=O)O)cc1)c1ccc(C2=CCCCC2)cc1. The van der Waals surface area contributed by atoms with Crippen LogP contribution in [0.5, 0.6) is 5.75 Å². The van der Waals surface area contributed by atoms with Crippen LogP contribution in [0.1, 0.15) is 123 Å². The number of carbonyl (C=O) groups is 6. The monoisotopic (exact) mass is 1240 g/mol. The molecule has 0 aromatic heterocycles. The number of rotatable bonds is 19. The molecule has 6 aromatic carbocycles. The molecule has 18 nitrogen and oxygen atoms in total. The molecule has 87 heavy (non-hydrogen) atoms. The van der Waals surface area contributed by atoms with Gasteiger partial charge in [0.25, 0.3) is 11.8 Å². The Morgan fingerprint density at radius 3 is 1.45 bits per heavy atom. The molecule has 6 amide bonds. The highest BCUT2D eigenvalue weighted by Crippen LogP contribution is 2.47. The number of carboxylic acids is 2. The fourth-order valence-corrected chi connectivity index (χ4v) is 10.3. The fraction of sp³-hybridized carbons (Fsp3) is 0.270. The number of carbonyl (C=O) groups excluding carboxylic acids is 4. The van der Waals surface area contributed by atoms with Crippen molar-refractivity contribution in [1.29, 1.82) is 0 Å². The number of halogens is 6. The Hall–Kier alpha value is -8.80. The molecule has 0 fully saturated rings. The van der Waals surface area contributed by atoms with E-state index in [1.165, 1.54) is 43.2 Å². The van der Waals surface area contributed by atoms with Crippen LogP contribution in [0.2, 0.25) is 10.0 Å². The number of allylic oxidation sites excluding steroid dienone is 4. The first-order valence-electron chi connectivity index (χ1n) is 27.5. The third kappa shape index (κ3) is 17.7. The van der Waals surface area contributed by atoms with Gasteiger partial charge in [-0.3, -0.25) is 9.59 Å². The Balaban J connectivity index is 0.000000227. The second kappa shape index (κ2) is 29.1. The van der Waals surface area contributed by atoms with E-state index in [1.54, 1.807) is 54.6 Å². The van der Waals surface area contributed by atoms with Gasteiger partial charge in [-0.05, 0) is 157 Å². The first-order valence-corrected chi connectivity index (χ1v) is 28.2. The number of amides is 6. The number of benzene rings is 6. The summed E-state index contributed by atoms with van der Waals surface area (Å²) < 4.78 is 67.8. The average molecular weight is 1240 g/mol. The van der Waals surface area contributed by atoms with Gasteiger partial charge >= 0.3 is 36.4 Å². The lowest BCUT2D eigenvalue weighted by molar-refractivity contribution is -0.461. The molecule has 0 bridgehead atoms. The normalized spacial score (nSPS) is 16.1. The molecule has 2 aliphatic carbocycles. The van der Waals surface area contributed by atoms with E-state index in [-0.39, 0.29) is 17.8 Å². The fourth-order valence-electron chi connectivity index (χ4n) is 9.79. The van der Waals surface area contributed by atoms with E-state index in [0.29, 0.717) is 32.4 Å². The Bertz CT molecular complexity index is 3520. The molecule has 3 aliphatic rings. The number of carboxylic acid groups (broad SMARTS) is 2. The van der Waals surface area contributed by atoms with Crippen molar-refractivity contribution in [3.05, 3.63) is 206 Å². The number of nitrogens with one attached hydrogen (secondary N) is 6. The summed E-state index contributed by atoms with van der Waals surface area (Å²) in [7, 11) is 1.27. The standard InChI is InChI=1S/C32H29F4N3O7.C31H31Cl2N3O5/c33-31(34)24-16-23(14-15-26(24)45-32(35,36)46-31)38-30(44)39-27(20-8-6-19(7-9-20)18-4-2-1-3-5-18)21-10-12-22(13-11-21)28(41)37-17-25(40)29(42)43;1-41-27(30(38)39)18-34-29(37)23-13-11-22(12-14-23)28(36-31(40)35-26-16-24(32)15-25(33)17-26)21-9-7-20(8-10-21)19-5-3-2-4-6-19/h4,6-16,25,27,40H,1-3,5,17H2,(H,37,41)(H,42,43)(H2,38,39,44);5,7-17,27-28H,2-4,6,18H2,1H3,(H,34,37)(H,38,39)(H2,35,36,40)/t25-,27?;27-,28?/m11/s1. The van der Waals surface area contributed by atoms with Crippen molar-refractivity contribution in [1.82, 2.24) is 21.3 Å². The number of aliphatic hydroxyl groups excluding tert-OH is 1. The van der Waals surface area contributed by atoms with E-state index in [9.17, 15) is 51.4 Å². The Morgan fingerprint density at radius 2 is 1.02 bits per heavy atom. The van der Waals surface area contributed by atoms with Gasteiger partial charge in [0.15, 0.2) is 12.2 Å². The van der Waals surface area contributed by atoms with Crippen molar-refractivity contribution in [3.8, 4) is 5.75 Å². The van der Waals surface area contributed by atoms with Crippen molar-refractivity contribution in [2.45, 2.75) is 88.1 Å². The summed E-state index contributed by atoms with van der Waals surface area (Å²) in [6.07, 6.45) is 1.31. The molecule has 1 heterocycles. The minimum absolute atomic E-state index is 0.151. The van der Waals surface area contributed by atoms with Crippen LogP contribution in [-0.4, -0.2) is 89.8 Å². The number of anilines is 2. The number of aliphatic carboxylic acids is 2. The molecule has 0 spiro atoms. The number of hydrogen-bond acceptors (Lipinski definition) is 10. The zero-order valence-corrected chi connectivity index (χ0v) is 48.0. The summed E-state index contributed by atoms with van der Waals surface area (Å²) in [5, 5.41) is 44.0. The zero-order chi connectivity index (χ0) is 62.4. The minimum Gasteiger partial charge on any atom is -0.479 e. The summed E-state index contributed by atoms with van der Waals surface area (Å²) in [4.78, 5) is 73.3. The third-order valence-corrected chi connectivity index (χ3v) is 14.7. The predicted octanol–water partition coefficient (Wildman–Crippen LogP) is 12.4. The lowest BCUT2D eigenvalue weighted by Crippen LogP contribution is -2.41. The first kappa shape index (κ1) is 64.2. The van der Waals surface area contributed by atoms with Gasteiger partial charge in [0.05, 0.1) is 30.7 Å². The number of methoxy groups -OCH3 is 1. The van der Waals surface area contributed by atoms with E-state index >= 15 is 0 Å². The van der Waals surface area contributed by atoms with Crippen LogP contribution in [-0.2, 0) is 25.2 Å². The van der Waals surface area contributed by atoms with Crippen LogP contribution in [0.25, 0.3) is 11.1 Å². The summed E-state index contributed by atoms with van der Waals surface area (Å²) in [6.45, 7) is -0.675. The highest BCUT2D eigenvalue weighted by atomic mass is 35.5. The molecule has 9 N–H and O–H groups in total. The molecule has 1 aliphatic heterocycles. The molecule has 6 aromatic rings. The summed E-state index contributed by atoms with van der Waals surface area (Å²) in [5.41, 5.74) is 7.32. The lowest BCUT2D eigenvalue weighted by atomic mass is 9.91. The second-order valence-corrected chi connectivity index (χ2v) is 21.3. The van der Waals surface area contributed by atoms with Crippen molar-refractivity contribution in [2.75, 3.05) is 30.8 Å². The van der Waals surface area contributed by atoms with E-state index in [1.807, 2.05) is 36.4 Å². The van der Waals surface area contributed by atoms with Crippen LogP contribution in [0.15, 0.2) is 146 Å². The van der Waals surface area contributed by atoms with Gasteiger partial charge in [-0.25, -0.2) is 23.9 Å². The molecule has 4 atom stereocenters. The maximum Gasteiger partial charge on any atom is 0.540 e. The first-order chi connectivity index (χ1) is 41.5. The van der Waals surface area contributed by atoms with E-state index in [2.05, 4.69) is 65.7 Å². The summed E-state index contributed by atoms with van der Waals surface area (Å²) >= 11 is 12.2. The quantitative estimate of drug-likeness (QED) is 0.0343. The van der Waals surface area contributed by atoms with Gasteiger partial charge < -0.3 is 56.7 Å². The number of fused-ring (bicyclic) bond motifs is 1. The van der Waals surface area contributed by atoms with Gasteiger partial charge in [0.1, 0.15) is 5.75 Å². The van der Waals surface area contributed by atoms with Crippen molar-refractivity contribution in [2.24, 2.45) is 0 Å². The van der Waals surface area contributed by atoms with Crippen molar-refractivity contribution in [3.63, 3.8) is 0 Å². The maximum atomic E-state index is 14.3. The number of ether oxygens (including phenoxy) is 3. The molecule has 0 radical (unpaired) electrons. The van der Waals surface area contributed by atoms with E-state index in [0.717, 1.165) is 79.0 Å². The zero-order valence-electron chi connectivity index (χ0n) is 46.5. The summed E-state index contributed by atoms with van der Waals surface area (Å²) in [5.74, 6) is -4.53. The minimum atomic E-state index is -4.53. The van der Waals surface area contributed by atoms with Crippen LogP contribution >= 0.6 is 23.2 Å². The van der Waals surface area contributed by atoms with E-state index < -0.39 is 90.4 Å². The topological polar surface area (TPSA) is 263 Å². The average Bonchev–Trinajstić information content (AvgIpc) is 1.08. The maximum absolute atomic E-state index is 14.3. The smallest absolute Gasteiger partial charge is 0.479 e. The molecule has 456 valence electrons. The van der Waals surface area contributed by atoms with E-state index in [4.69, 9.17) is 38.2 Å². The largest absolute Gasteiger partial charge is 0.540 e. The molecule has 2 unspecified atom stereocenters. The van der Waals surface area contributed by atoms with Crippen molar-refractivity contribution < 1.29 is 75.9 Å². The number of aliphatic hydroxyl groups is 1. The lowest BCUT2D eigenvalue weighted by Gasteiger charge is -2.30. The van der Waals surface area contributed by atoms with Gasteiger partial charge in [0, 0.05) is 39.7 Å². The number of alkyl halides is 4. The van der Waals surface area contributed by atoms with Gasteiger partial charge in [0.2, 0.25) is 0 Å². The van der Waals surface area contributed by atoms with Crippen LogP contribution in [0.4, 0.5) is 38.5 Å². The molecule has 0 saturated carbocycles. The molecular weight excluding hydrogens is 1180 g/mol. The Kier molecular flexibility index (Phi) is 21.4. The molecule has 24 heteroatoms. The molecule has 0 saturated heterocycles. The van der Waals surface area contributed by atoms with Crippen LogP contribution in [0, 0.1) is 0 Å². The van der Waals surface area contributed by atoms with Gasteiger partial charge in [-0.1, -0.05) is 108 Å². The van der Waals surface area contributed by atoms with Crippen LogP contribution < -0.4 is 36.6 Å². The molecular formula is C63H60Cl2F4N6O12. The van der Waals surface area contributed by atoms with Gasteiger partial charge in [-0.2, -0.15) is 8.78 Å². The van der Waals surface area contributed by atoms with Crippen LogP contribution in [0.3, 0.4) is 0 Å². The Morgan fingerprint density at radius 1 is 0.575 bits per heavy atom. The number of hydrogen-bond donors (Lipinski definition) is 9.